The Kier molecular flexibility index (Phi) is 4.22. The third-order valence-electron chi connectivity index (χ3n) is 3.99. The van der Waals surface area contributed by atoms with E-state index in [9.17, 15) is 9.18 Å². The Morgan fingerprint density at radius 3 is 2.73 bits per heavy atom. The first-order valence-electron chi connectivity index (χ1n) is 7.71. The van der Waals surface area contributed by atoms with Crippen LogP contribution in [0.3, 0.4) is 0 Å². The Morgan fingerprint density at radius 2 is 2.09 bits per heavy atom. The number of imidazole rings is 1. The average Bonchev–Trinajstić information content (AvgIpc) is 3.28. The summed E-state index contributed by atoms with van der Waals surface area (Å²) in [5.74, 6) is 0.819. The molecule has 22 heavy (non-hydrogen) atoms. The number of nitrogens with zero attached hydrogens (tertiary/aromatic N) is 3. The van der Waals surface area contributed by atoms with E-state index < -0.39 is 0 Å². The van der Waals surface area contributed by atoms with Crippen molar-refractivity contribution in [2.45, 2.75) is 45.3 Å². The molecular weight excluding hydrogens is 281 g/mol. The maximum absolute atomic E-state index is 13.0. The van der Waals surface area contributed by atoms with Gasteiger partial charge in [0.15, 0.2) is 0 Å². The van der Waals surface area contributed by atoms with Crippen LogP contribution in [0.4, 0.5) is 4.39 Å². The van der Waals surface area contributed by atoms with Gasteiger partial charge in [-0.2, -0.15) is 0 Å². The maximum atomic E-state index is 13.0. The first kappa shape index (κ1) is 14.8. The van der Waals surface area contributed by atoms with Crippen LogP contribution in [-0.2, 0) is 17.9 Å². The number of halogens is 1. The van der Waals surface area contributed by atoms with Gasteiger partial charge in [0.2, 0.25) is 5.91 Å². The molecule has 0 spiro atoms. The van der Waals surface area contributed by atoms with Crippen LogP contribution in [0.25, 0.3) is 0 Å². The highest BCUT2D eigenvalue weighted by atomic mass is 19.1. The van der Waals surface area contributed by atoms with E-state index in [4.69, 9.17) is 0 Å². The molecule has 116 valence electrons. The molecular formula is C17H20FN3O. The molecule has 0 saturated heterocycles. The van der Waals surface area contributed by atoms with E-state index in [1.54, 1.807) is 18.3 Å². The van der Waals surface area contributed by atoms with Crippen molar-refractivity contribution in [2.24, 2.45) is 0 Å². The minimum absolute atomic E-state index is 0.179. The second kappa shape index (κ2) is 6.30. The fourth-order valence-electron chi connectivity index (χ4n) is 2.58. The van der Waals surface area contributed by atoms with Crippen molar-refractivity contribution in [3.8, 4) is 0 Å². The predicted molar refractivity (Wildman–Crippen MR) is 81.6 cm³/mol. The van der Waals surface area contributed by atoms with Gasteiger partial charge in [-0.25, -0.2) is 9.37 Å². The summed E-state index contributed by atoms with van der Waals surface area (Å²) in [7, 11) is 0. The summed E-state index contributed by atoms with van der Waals surface area (Å²) in [5.41, 5.74) is 1.01. The largest absolute Gasteiger partial charge is 0.332 e. The molecule has 4 nitrogen and oxygen atoms in total. The molecule has 0 unspecified atom stereocenters. The molecule has 3 rings (SSSR count). The van der Waals surface area contributed by atoms with Crippen LogP contribution in [0.5, 0.6) is 0 Å². The minimum Gasteiger partial charge on any atom is -0.332 e. The number of carbonyl (C=O) groups is 1. The van der Waals surface area contributed by atoms with Crippen LogP contribution in [0.15, 0.2) is 36.7 Å². The highest BCUT2D eigenvalue weighted by molar-refractivity contribution is 5.76. The highest BCUT2D eigenvalue weighted by Crippen LogP contribution is 2.28. The van der Waals surface area contributed by atoms with E-state index >= 15 is 0 Å². The highest BCUT2D eigenvalue weighted by Gasteiger charge is 2.32. The third kappa shape index (κ3) is 3.35. The quantitative estimate of drug-likeness (QED) is 0.822. The SMILES string of the molecule is CCC(=O)N(Cc1nccn1Cc1ccc(F)cc1)C1CC1. The molecule has 1 aromatic carbocycles. The first-order valence-corrected chi connectivity index (χ1v) is 7.71. The monoisotopic (exact) mass is 301 g/mol. The lowest BCUT2D eigenvalue weighted by Gasteiger charge is -2.22. The lowest BCUT2D eigenvalue weighted by atomic mass is 10.2. The summed E-state index contributed by atoms with van der Waals surface area (Å²) in [6, 6.07) is 6.85. The van der Waals surface area contributed by atoms with E-state index in [-0.39, 0.29) is 11.7 Å². The van der Waals surface area contributed by atoms with Crippen LogP contribution >= 0.6 is 0 Å². The minimum atomic E-state index is -0.233. The lowest BCUT2D eigenvalue weighted by molar-refractivity contribution is -0.132. The number of rotatable bonds is 6. The van der Waals surface area contributed by atoms with Gasteiger partial charge in [-0.3, -0.25) is 4.79 Å². The molecule has 0 atom stereocenters. The van der Waals surface area contributed by atoms with Crippen LogP contribution in [0.1, 0.15) is 37.6 Å². The zero-order valence-electron chi connectivity index (χ0n) is 12.7. The molecule has 1 heterocycles. The molecule has 0 radical (unpaired) electrons. The van der Waals surface area contributed by atoms with Gasteiger partial charge in [0.1, 0.15) is 11.6 Å². The van der Waals surface area contributed by atoms with Crippen LogP contribution in [-0.4, -0.2) is 26.4 Å². The smallest absolute Gasteiger partial charge is 0.222 e. The van der Waals surface area contributed by atoms with Crippen molar-refractivity contribution in [3.63, 3.8) is 0 Å². The first-order chi connectivity index (χ1) is 10.7. The Balaban J connectivity index is 1.73. The molecule has 0 bridgehead atoms. The fraction of sp³-hybridized carbons (Fsp3) is 0.412. The zero-order chi connectivity index (χ0) is 15.5. The predicted octanol–water partition coefficient (Wildman–Crippen LogP) is 2.97. The van der Waals surface area contributed by atoms with E-state index in [1.165, 1.54) is 12.1 Å². The summed E-state index contributed by atoms with van der Waals surface area (Å²) < 4.78 is 15.0. The van der Waals surface area contributed by atoms with Crippen molar-refractivity contribution < 1.29 is 9.18 Å². The Morgan fingerprint density at radius 1 is 1.36 bits per heavy atom. The number of carbonyl (C=O) groups excluding carboxylic acids is 1. The molecule has 1 fully saturated rings. The van der Waals surface area contributed by atoms with Gasteiger partial charge in [0.25, 0.3) is 0 Å². The van der Waals surface area contributed by atoms with Gasteiger partial charge in [0, 0.05) is 31.4 Å². The van der Waals surface area contributed by atoms with E-state index in [1.807, 2.05) is 22.6 Å². The van der Waals surface area contributed by atoms with Gasteiger partial charge in [-0.15, -0.1) is 0 Å². The van der Waals surface area contributed by atoms with Crippen LogP contribution < -0.4 is 0 Å². The zero-order valence-corrected chi connectivity index (χ0v) is 12.7. The van der Waals surface area contributed by atoms with E-state index in [0.29, 0.717) is 25.6 Å². The Bertz CT molecular complexity index is 646. The molecule has 0 aliphatic heterocycles. The number of aromatic nitrogens is 2. The van der Waals surface area contributed by atoms with Gasteiger partial charge >= 0.3 is 0 Å². The second-order valence-electron chi connectivity index (χ2n) is 5.70. The summed E-state index contributed by atoms with van der Waals surface area (Å²) in [6.07, 6.45) is 6.35. The normalized spacial score (nSPS) is 14.1. The molecule has 2 aromatic rings. The molecule has 1 amide bonds. The van der Waals surface area contributed by atoms with Crippen molar-refractivity contribution in [1.82, 2.24) is 14.5 Å². The standard InChI is InChI=1S/C17H20FN3O/c1-2-17(22)21(15-7-8-15)12-16-19-9-10-20(16)11-13-3-5-14(18)6-4-13/h3-6,9-10,15H,2,7-8,11-12H2,1H3. The molecule has 1 aliphatic carbocycles. The third-order valence-corrected chi connectivity index (χ3v) is 3.99. The number of benzene rings is 1. The average molecular weight is 301 g/mol. The fourth-order valence-corrected chi connectivity index (χ4v) is 2.58. The summed E-state index contributed by atoms with van der Waals surface area (Å²) in [5, 5.41) is 0. The number of amides is 1. The molecule has 0 N–H and O–H groups in total. The summed E-state index contributed by atoms with van der Waals surface area (Å²) in [4.78, 5) is 18.4. The Hall–Kier alpha value is -2.17. The molecule has 1 aliphatic rings. The van der Waals surface area contributed by atoms with Crippen LogP contribution in [0, 0.1) is 5.82 Å². The molecule has 5 heteroatoms. The molecule has 1 saturated carbocycles. The maximum Gasteiger partial charge on any atom is 0.222 e. The van der Waals surface area contributed by atoms with Gasteiger partial charge in [-0.05, 0) is 30.5 Å². The van der Waals surface area contributed by atoms with E-state index in [2.05, 4.69) is 4.98 Å². The Labute approximate surface area is 129 Å². The second-order valence-corrected chi connectivity index (χ2v) is 5.70. The van der Waals surface area contributed by atoms with E-state index in [0.717, 1.165) is 24.2 Å². The summed E-state index contributed by atoms with van der Waals surface area (Å²) in [6.45, 7) is 3.07. The number of hydrogen-bond donors (Lipinski definition) is 0. The van der Waals surface area contributed by atoms with Crippen LogP contribution in [0.2, 0.25) is 0 Å². The van der Waals surface area contributed by atoms with Crippen molar-refractivity contribution in [3.05, 3.63) is 53.9 Å². The number of hydrogen-bond acceptors (Lipinski definition) is 2. The van der Waals surface area contributed by atoms with Crippen molar-refractivity contribution in [2.75, 3.05) is 0 Å². The lowest BCUT2D eigenvalue weighted by Crippen LogP contribution is -2.33. The topological polar surface area (TPSA) is 38.1 Å². The van der Waals surface area contributed by atoms with Gasteiger partial charge < -0.3 is 9.47 Å². The molecule has 1 aromatic heterocycles. The van der Waals surface area contributed by atoms with Crippen molar-refractivity contribution in [1.29, 1.82) is 0 Å². The van der Waals surface area contributed by atoms with Gasteiger partial charge in [0.05, 0.1) is 6.54 Å². The summed E-state index contributed by atoms with van der Waals surface area (Å²) >= 11 is 0. The van der Waals surface area contributed by atoms with Crippen molar-refractivity contribution >= 4 is 5.91 Å². The van der Waals surface area contributed by atoms with Gasteiger partial charge in [-0.1, -0.05) is 19.1 Å².